The number of nitrogens with one attached hydrogen (secondary N) is 3. The molecule has 0 unspecified atom stereocenters. The number of aliphatic hydroxyl groups is 1. The Labute approximate surface area is 189 Å². The fourth-order valence-corrected chi connectivity index (χ4v) is 4.24. The van der Waals surface area contributed by atoms with Gasteiger partial charge in [-0.1, -0.05) is 0 Å². The Balaban J connectivity index is 1.46. The molecule has 5 rings (SSSR count). The quantitative estimate of drug-likeness (QED) is 0.438. The first-order valence-corrected chi connectivity index (χ1v) is 11.2. The standard InChI is InChI=1S/C22H27N7O4/c1-23-19-10-18(25-16-5-2-8-28(22(16)32)13-4-3-9-33-12-13)27-20-14(11-24-29(19)20)21(31)26-15-6-7-17(15)30/h2,5,8,10-11,13,15,17,23,30H,3-4,6-7,9,12H2,1H3,(H,25,27)(H,26,31)/t13-,15+,17-/m0/s1. The monoisotopic (exact) mass is 453 g/mol. The van der Waals surface area contributed by atoms with Crippen molar-refractivity contribution >= 4 is 28.9 Å². The number of amides is 1. The lowest BCUT2D eigenvalue weighted by Crippen LogP contribution is -2.50. The first kappa shape index (κ1) is 21.4. The van der Waals surface area contributed by atoms with E-state index in [-0.39, 0.29) is 23.6 Å². The van der Waals surface area contributed by atoms with Crippen molar-refractivity contribution in [2.45, 2.75) is 43.9 Å². The molecule has 11 nitrogen and oxygen atoms in total. The molecule has 1 aliphatic heterocycles. The molecule has 1 saturated carbocycles. The Morgan fingerprint density at radius 1 is 1.30 bits per heavy atom. The largest absolute Gasteiger partial charge is 0.391 e. The van der Waals surface area contributed by atoms with Gasteiger partial charge in [-0.15, -0.1) is 0 Å². The SMILES string of the molecule is CNc1cc(Nc2cccn([C@H]3CCCOC3)c2=O)nc2c(C(=O)N[C@@H]3CC[C@@H]3O)cnn12. The van der Waals surface area contributed by atoms with Crippen LogP contribution in [0.2, 0.25) is 0 Å². The van der Waals surface area contributed by atoms with Crippen LogP contribution in [0.3, 0.4) is 0 Å². The number of hydrogen-bond donors (Lipinski definition) is 4. The molecule has 1 saturated heterocycles. The first-order chi connectivity index (χ1) is 16.0. The summed E-state index contributed by atoms with van der Waals surface area (Å²) in [6.45, 7) is 1.24. The minimum absolute atomic E-state index is 0.00305. The summed E-state index contributed by atoms with van der Waals surface area (Å²) >= 11 is 0. The van der Waals surface area contributed by atoms with E-state index in [0.29, 0.717) is 41.6 Å². The van der Waals surface area contributed by atoms with Gasteiger partial charge in [0.05, 0.1) is 31.0 Å². The second-order valence-electron chi connectivity index (χ2n) is 8.43. The van der Waals surface area contributed by atoms with Crippen LogP contribution in [0.1, 0.15) is 42.1 Å². The third-order valence-corrected chi connectivity index (χ3v) is 6.29. The summed E-state index contributed by atoms with van der Waals surface area (Å²) in [5.74, 6) is 0.654. The van der Waals surface area contributed by atoms with Crippen molar-refractivity contribution < 1.29 is 14.6 Å². The van der Waals surface area contributed by atoms with Crippen molar-refractivity contribution in [1.29, 1.82) is 0 Å². The van der Waals surface area contributed by atoms with Gasteiger partial charge in [-0.25, -0.2) is 4.98 Å². The topological polar surface area (TPSA) is 135 Å². The van der Waals surface area contributed by atoms with Crippen LogP contribution < -0.4 is 21.5 Å². The molecule has 2 aliphatic rings. The molecule has 1 aliphatic carbocycles. The molecule has 3 aromatic rings. The van der Waals surface area contributed by atoms with E-state index in [4.69, 9.17) is 4.74 Å². The maximum atomic E-state index is 13.1. The average molecular weight is 454 g/mol. The van der Waals surface area contributed by atoms with Crippen LogP contribution in [0, 0.1) is 0 Å². The highest BCUT2D eigenvalue weighted by Gasteiger charge is 2.31. The van der Waals surface area contributed by atoms with E-state index in [1.54, 1.807) is 29.9 Å². The van der Waals surface area contributed by atoms with Crippen LogP contribution in [-0.2, 0) is 4.74 Å². The number of nitrogens with zero attached hydrogens (tertiary/aromatic N) is 4. The maximum absolute atomic E-state index is 13.1. The van der Waals surface area contributed by atoms with E-state index in [1.807, 2.05) is 6.07 Å². The van der Waals surface area contributed by atoms with Gasteiger partial charge in [-0.3, -0.25) is 9.59 Å². The highest BCUT2D eigenvalue weighted by Crippen LogP contribution is 2.24. The third-order valence-electron chi connectivity index (χ3n) is 6.29. The Bertz CT molecular complexity index is 1230. The smallest absolute Gasteiger partial charge is 0.274 e. The Kier molecular flexibility index (Phi) is 5.73. The normalized spacial score (nSPS) is 22.5. The number of pyridine rings is 1. The molecule has 4 N–H and O–H groups in total. The molecule has 1 amide bonds. The van der Waals surface area contributed by atoms with Gasteiger partial charge in [0.2, 0.25) is 0 Å². The molecule has 4 heterocycles. The summed E-state index contributed by atoms with van der Waals surface area (Å²) in [5, 5.41) is 23.1. The number of anilines is 3. The van der Waals surface area contributed by atoms with Crippen LogP contribution in [-0.4, -0.2) is 62.6 Å². The van der Waals surface area contributed by atoms with Crippen molar-refractivity contribution in [2.75, 3.05) is 30.9 Å². The van der Waals surface area contributed by atoms with E-state index < -0.39 is 6.10 Å². The number of fused-ring (bicyclic) bond motifs is 1. The van der Waals surface area contributed by atoms with Crippen molar-refractivity contribution in [3.8, 4) is 0 Å². The van der Waals surface area contributed by atoms with Gasteiger partial charge in [0.15, 0.2) is 5.65 Å². The molecule has 3 aromatic heterocycles. The summed E-state index contributed by atoms with van der Waals surface area (Å²) in [6, 6.07) is 4.98. The van der Waals surface area contributed by atoms with Gasteiger partial charge in [0.1, 0.15) is 22.9 Å². The molecule has 2 fully saturated rings. The number of aromatic nitrogens is 4. The van der Waals surface area contributed by atoms with Crippen LogP contribution >= 0.6 is 0 Å². The zero-order valence-corrected chi connectivity index (χ0v) is 18.3. The summed E-state index contributed by atoms with van der Waals surface area (Å²) in [5.41, 5.74) is 0.850. The van der Waals surface area contributed by atoms with Crippen LogP contribution in [0.15, 0.2) is 35.4 Å². The first-order valence-electron chi connectivity index (χ1n) is 11.2. The molecular weight excluding hydrogens is 426 g/mol. The zero-order chi connectivity index (χ0) is 22.9. The van der Waals surface area contributed by atoms with E-state index in [0.717, 1.165) is 25.9 Å². The summed E-state index contributed by atoms with van der Waals surface area (Å²) < 4.78 is 8.76. The van der Waals surface area contributed by atoms with Crippen LogP contribution in [0.4, 0.5) is 17.3 Å². The van der Waals surface area contributed by atoms with Crippen molar-refractivity contribution in [2.24, 2.45) is 0 Å². The number of aliphatic hydroxyl groups excluding tert-OH is 1. The number of hydrogen-bond acceptors (Lipinski definition) is 8. The van der Waals surface area contributed by atoms with Crippen molar-refractivity contribution in [3.05, 3.63) is 46.5 Å². The fourth-order valence-electron chi connectivity index (χ4n) is 4.24. The van der Waals surface area contributed by atoms with Gasteiger partial charge in [-0.2, -0.15) is 9.61 Å². The van der Waals surface area contributed by atoms with Gasteiger partial charge < -0.3 is 30.4 Å². The highest BCUT2D eigenvalue weighted by molar-refractivity contribution is 6.00. The lowest BCUT2D eigenvalue weighted by Gasteiger charge is -2.32. The van der Waals surface area contributed by atoms with Gasteiger partial charge in [0, 0.05) is 25.9 Å². The van der Waals surface area contributed by atoms with E-state index in [2.05, 4.69) is 26.0 Å². The number of carbonyl (C=O) groups excluding carboxylic acids is 1. The highest BCUT2D eigenvalue weighted by atomic mass is 16.5. The average Bonchev–Trinajstić information content (AvgIpc) is 3.27. The summed E-state index contributed by atoms with van der Waals surface area (Å²) in [6.07, 6.45) is 5.92. The second kappa shape index (κ2) is 8.83. The lowest BCUT2D eigenvalue weighted by atomic mass is 9.89. The van der Waals surface area contributed by atoms with Gasteiger partial charge in [0.25, 0.3) is 11.5 Å². The molecule has 0 bridgehead atoms. The molecule has 0 spiro atoms. The van der Waals surface area contributed by atoms with Gasteiger partial charge in [-0.05, 0) is 37.8 Å². The predicted octanol–water partition coefficient (Wildman–Crippen LogP) is 1.28. The van der Waals surface area contributed by atoms with Crippen LogP contribution in [0.25, 0.3) is 5.65 Å². The molecule has 11 heteroatoms. The maximum Gasteiger partial charge on any atom is 0.274 e. The molecular formula is C22H27N7O4. The molecule has 174 valence electrons. The van der Waals surface area contributed by atoms with E-state index >= 15 is 0 Å². The molecule has 0 radical (unpaired) electrons. The van der Waals surface area contributed by atoms with Gasteiger partial charge >= 0.3 is 0 Å². The van der Waals surface area contributed by atoms with E-state index in [1.165, 1.54) is 10.7 Å². The van der Waals surface area contributed by atoms with Crippen LogP contribution in [0.5, 0.6) is 0 Å². The predicted molar refractivity (Wildman–Crippen MR) is 122 cm³/mol. The number of ether oxygens (including phenoxy) is 1. The lowest BCUT2D eigenvalue weighted by molar-refractivity contribution is 0.0448. The molecule has 33 heavy (non-hydrogen) atoms. The Morgan fingerprint density at radius 3 is 2.88 bits per heavy atom. The van der Waals surface area contributed by atoms with Crippen molar-refractivity contribution in [1.82, 2.24) is 24.5 Å². The van der Waals surface area contributed by atoms with Crippen molar-refractivity contribution in [3.63, 3.8) is 0 Å². The number of carbonyl (C=O) groups is 1. The molecule has 0 aromatic carbocycles. The minimum Gasteiger partial charge on any atom is -0.391 e. The fraction of sp³-hybridized carbons (Fsp3) is 0.455. The Hall–Kier alpha value is -3.44. The third kappa shape index (κ3) is 4.05. The number of rotatable bonds is 6. The minimum atomic E-state index is -0.524. The molecule has 3 atom stereocenters. The summed E-state index contributed by atoms with van der Waals surface area (Å²) in [4.78, 5) is 30.5. The van der Waals surface area contributed by atoms with E-state index in [9.17, 15) is 14.7 Å². The second-order valence-corrected chi connectivity index (χ2v) is 8.43. The summed E-state index contributed by atoms with van der Waals surface area (Å²) in [7, 11) is 1.74. The zero-order valence-electron chi connectivity index (χ0n) is 18.3. The Morgan fingerprint density at radius 2 is 2.18 bits per heavy atom.